The van der Waals surface area contributed by atoms with Crippen LogP contribution in [0.2, 0.25) is 4.34 Å². The van der Waals surface area contributed by atoms with Crippen molar-refractivity contribution < 1.29 is 4.79 Å². The molecular formula is C23H21ClN4OS2. The Morgan fingerprint density at radius 3 is 2.55 bits per heavy atom. The van der Waals surface area contributed by atoms with Crippen molar-refractivity contribution in [3.05, 3.63) is 69.0 Å². The summed E-state index contributed by atoms with van der Waals surface area (Å²) >= 11 is 9.31. The molecule has 5 nitrogen and oxygen atoms in total. The Hall–Kier alpha value is -2.19. The number of rotatable bonds is 3. The zero-order valence-corrected chi connectivity index (χ0v) is 19.2. The number of carbonyl (C=O) groups is 1. The van der Waals surface area contributed by atoms with Gasteiger partial charge in [-0.3, -0.25) is 10.2 Å². The van der Waals surface area contributed by atoms with Gasteiger partial charge in [0.15, 0.2) is 5.82 Å². The number of halogens is 1. The van der Waals surface area contributed by atoms with Gasteiger partial charge in [-0.05, 0) is 43.2 Å². The van der Waals surface area contributed by atoms with Gasteiger partial charge < -0.3 is 0 Å². The van der Waals surface area contributed by atoms with E-state index in [1.165, 1.54) is 24.2 Å². The average molecular weight is 469 g/mol. The lowest BCUT2D eigenvalue weighted by Crippen LogP contribution is -2.43. The summed E-state index contributed by atoms with van der Waals surface area (Å²) in [5.41, 5.74) is 5.27. The summed E-state index contributed by atoms with van der Waals surface area (Å²) in [6.07, 6.45) is 4.63. The minimum Gasteiger partial charge on any atom is -0.283 e. The van der Waals surface area contributed by atoms with Crippen molar-refractivity contribution in [2.45, 2.75) is 35.5 Å². The maximum Gasteiger partial charge on any atom is 0.284 e. The molecule has 4 heterocycles. The molecular weight excluding hydrogens is 448 g/mol. The first-order valence-corrected chi connectivity index (χ1v) is 12.4. The van der Waals surface area contributed by atoms with Crippen LogP contribution in [0, 0.1) is 0 Å². The number of thiophene rings is 1. The van der Waals surface area contributed by atoms with E-state index in [4.69, 9.17) is 16.6 Å². The number of nitrogens with one attached hydrogen (secondary N) is 1. The van der Waals surface area contributed by atoms with E-state index in [2.05, 4.69) is 22.5 Å². The first-order valence-electron chi connectivity index (χ1n) is 10.4. The van der Waals surface area contributed by atoms with E-state index in [1.54, 1.807) is 17.8 Å². The molecule has 0 atom stereocenters. The number of hydrogen-bond donors (Lipinski definition) is 1. The minimum absolute atomic E-state index is 0.188. The summed E-state index contributed by atoms with van der Waals surface area (Å²) in [5.74, 6) is 0.372. The van der Waals surface area contributed by atoms with Gasteiger partial charge in [-0.2, -0.15) is 0 Å². The summed E-state index contributed by atoms with van der Waals surface area (Å²) in [4.78, 5) is 25.5. The summed E-state index contributed by atoms with van der Waals surface area (Å²) in [6, 6.07) is 15.8. The zero-order chi connectivity index (χ0) is 21.2. The van der Waals surface area contributed by atoms with Gasteiger partial charge in [0, 0.05) is 23.5 Å². The molecule has 1 amide bonds. The number of aromatic nitrogens is 1. The number of hydrazine groups is 1. The van der Waals surface area contributed by atoms with Crippen molar-refractivity contribution in [2.24, 2.45) is 4.99 Å². The minimum atomic E-state index is -0.188. The topological polar surface area (TPSA) is 57.6 Å². The van der Waals surface area contributed by atoms with E-state index >= 15 is 0 Å². The summed E-state index contributed by atoms with van der Waals surface area (Å²) in [7, 11) is 0. The Labute approximate surface area is 194 Å². The molecule has 1 fully saturated rings. The van der Waals surface area contributed by atoms with Crippen LogP contribution in [0.4, 0.5) is 5.82 Å². The monoisotopic (exact) mass is 468 g/mol. The summed E-state index contributed by atoms with van der Waals surface area (Å²) in [6.45, 7) is 1.76. The van der Waals surface area contributed by atoms with Crippen LogP contribution in [-0.4, -0.2) is 34.7 Å². The van der Waals surface area contributed by atoms with Crippen LogP contribution in [0.3, 0.4) is 0 Å². The van der Waals surface area contributed by atoms with Crippen molar-refractivity contribution in [3.63, 3.8) is 0 Å². The van der Waals surface area contributed by atoms with E-state index in [9.17, 15) is 4.79 Å². The number of benzene rings is 1. The van der Waals surface area contributed by atoms with Crippen molar-refractivity contribution in [2.75, 3.05) is 13.1 Å². The number of carbonyl (C=O) groups excluding carboxylic acids is 1. The second kappa shape index (κ2) is 9.12. The van der Waals surface area contributed by atoms with Gasteiger partial charge in [-0.15, -0.1) is 11.3 Å². The lowest BCUT2D eigenvalue weighted by molar-refractivity contribution is 0.0789. The highest BCUT2D eigenvalue weighted by Gasteiger charge is 2.22. The molecule has 0 radical (unpaired) electrons. The van der Waals surface area contributed by atoms with Crippen molar-refractivity contribution in [1.82, 2.24) is 15.4 Å². The van der Waals surface area contributed by atoms with E-state index in [0.717, 1.165) is 51.9 Å². The third kappa shape index (κ3) is 4.55. The largest absolute Gasteiger partial charge is 0.284 e. The molecule has 2 aliphatic rings. The third-order valence-corrected chi connectivity index (χ3v) is 7.68. The maximum atomic E-state index is 12.9. The Kier molecular flexibility index (Phi) is 6.09. The SMILES string of the molecule is O=C(NN1CCCCCC1)c1ccc2c(n1)N=C(c1ccc(Cl)s1)c1ccccc1S2. The van der Waals surface area contributed by atoms with E-state index in [1.807, 2.05) is 35.3 Å². The van der Waals surface area contributed by atoms with Crippen molar-refractivity contribution >= 4 is 52.1 Å². The molecule has 2 aliphatic heterocycles. The molecule has 0 spiro atoms. The van der Waals surface area contributed by atoms with Crippen LogP contribution in [0.5, 0.6) is 0 Å². The smallest absolute Gasteiger partial charge is 0.283 e. The lowest BCUT2D eigenvalue weighted by atomic mass is 10.1. The highest BCUT2D eigenvalue weighted by molar-refractivity contribution is 7.99. The number of aliphatic imine (C=N–C) groups is 1. The predicted molar refractivity (Wildman–Crippen MR) is 127 cm³/mol. The van der Waals surface area contributed by atoms with E-state index in [-0.39, 0.29) is 5.91 Å². The normalized spacial score (nSPS) is 16.5. The maximum absolute atomic E-state index is 12.9. The Bertz CT molecular complexity index is 1150. The molecule has 1 N–H and O–H groups in total. The molecule has 5 rings (SSSR count). The Balaban J connectivity index is 1.50. The van der Waals surface area contributed by atoms with Crippen LogP contribution >= 0.6 is 34.7 Å². The quantitative estimate of drug-likeness (QED) is 0.403. The molecule has 2 aromatic heterocycles. The van der Waals surface area contributed by atoms with Crippen LogP contribution in [0.15, 0.2) is 63.3 Å². The zero-order valence-electron chi connectivity index (χ0n) is 16.8. The molecule has 1 saturated heterocycles. The second-order valence-electron chi connectivity index (χ2n) is 7.52. The van der Waals surface area contributed by atoms with Gasteiger partial charge in [0.05, 0.1) is 19.8 Å². The molecule has 0 aliphatic carbocycles. The van der Waals surface area contributed by atoms with E-state index in [0.29, 0.717) is 15.8 Å². The van der Waals surface area contributed by atoms with Gasteiger partial charge in [-0.1, -0.05) is 54.4 Å². The summed E-state index contributed by atoms with van der Waals surface area (Å²) < 4.78 is 0.714. The van der Waals surface area contributed by atoms with Gasteiger partial charge in [0.25, 0.3) is 5.91 Å². The average Bonchev–Trinajstić information content (AvgIpc) is 2.97. The van der Waals surface area contributed by atoms with Crippen LogP contribution in [-0.2, 0) is 0 Å². The fourth-order valence-electron chi connectivity index (χ4n) is 3.77. The van der Waals surface area contributed by atoms with Crippen LogP contribution in [0.25, 0.3) is 0 Å². The highest BCUT2D eigenvalue weighted by Crippen LogP contribution is 2.41. The fourth-order valence-corrected chi connectivity index (χ4v) is 5.79. The highest BCUT2D eigenvalue weighted by atomic mass is 35.5. The molecule has 0 unspecified atom stereocenters. The first-order chi connectivity index (χ1) is 15.2. The molecule has 8 heteroatoms. The van der Waals surface area contributed by atoms with Gasteiger partial charge in [0.2, 0.25) is 0 Å². The number of pyridine rings is 1. The van der Waals surface area contributed by atoms with Gasteiger partial charge >= 0.3 is 0 Å². The third-order valence-electron chi connectivity index (χ3n) is 5.32. The number of fused-ring (bicyclic) bond motifs is 2. The van der Waals surface area contributed by atoms with Crippen molar-refractivity contribution in [3.8, 4) is 0 Å². The molecule has 1 aromatic carbocycles. The second-order valence-corrected chi connectivity index (χ2v) is 10.3. The van der Waals surface area contributed by atoms with Crippen molar-refractivity contribution in [1.29, 1.82) is 0 Å². The lowest BCUT2D eigenvalue weighted by Gasteiger charge is -2.20. The number of hydrogen-bond acceptors (Lipinski definition) is 6. The fraction of sp³-hybridized carbons (Fsp3) is 0.261. The molecule has 0 bridgehead atoms. The molecule has 31 heavy (non-hydrogen) atoms. The Morgan fingerprint density at radius 1 is 0.968 bits per heavy atom. The van der Waals surface area contributed by atoms with Gasteiger partial charge in [0.1, 0.15) is 5.69 Å². The number of nitrogens with zero attached hydrogens (tertiary/aromatic N) is 3. The summed E-state index contributed by atoms with van der Waals surface area (Å²) in [5, 5.41) is 2.01. The van der Waals surface area contributed by atoms with Crippen LogP contribution in [0.1, 0.15) is 46.6 Å². The molecule has 0 saturated carbocycles. The first kappa shape index (κ1) is 20.7. The molecule has 158 valence electrons. The molecule has 3 aromatic rings. The standard InChI is InChI=1S/C23H21ClN4OS2/c24-20-12-11-18(31-20)21-15-7-3-4-8-17(15)30-19-10-9-16(25-22(19)26-21)23(29)27-28-13-5-1-2-6-14-28/h3-4,7-12H,1-2,5-6,13-14H2,(H,27,29). The predicted octanol–water partition coefficient (Wildman–Crippen LogP) is 5.95. The Morgan fingerprint density at radius 2 is 1.77 bits per heavy atom. The van der Waals surface area contributed by atoms with Crippen LogP contribution < -0.4 is 5.43 Å². The van der Waals surface area contributed by atoms with Gasteiger partial charge in [-0.25, -0.2) is 15.0 Å². The number of amides is 1. The van der Waals surface area contributed by atoms with E-state index < -0.39 is 0 Å².